The Kier molecular flexibility index (Phi) is 1.59. The van der Waals surface area contributed by atoms with Crippen LogP contribution >= 0.6 is 0 Å². The first-order chi connectivity index (χ1) is 4.10. The van der Waals surface area contributed by atoms with Crippen molar-refractivity contribution >= 4 is 14.3 Å². The van der Waals surface area contributed by atoms with Crippen molar-refractivity contribution in [3.8, 4) is 0 Å². The summed E-state index contributed by atoms with van der Waals surface area (Å²) in [6, 6.07) is 0. The van der Waals surface area contributed by atoms with Crippen LogP contribution in [0.1, 0.15) is 0 Å². The third-order valence-electron chi connectivity index (χ3n) is 1.21. The molecule has 0 amide bonds. The van der Waals surface area contributed by atoms with Crippen LogP contribution in [-0.4, -0.2) is 27.0 Å². The molecule has 1 aliphatic rings. The van der Waals surface area contributed by atoms with Gasteiger partial charge in [0.15, 0.2) is 0 Å². The second kappa shape index (κ2) is 2.11. The fourth-order valence-corrected chi connectivity index (χ4v) is 2.33. The highest BCUT2D eigenvalue weighted by Crippen LogP contribution is 2.05. The molecule has 0 saturated carbocycles. The molecule has 0 aliphatic carbocycles. The summed E-state index contributed by atoms with van der Waals surface area (Å²) in [6.45, 7) is 4.44. The molecular formula is C5H11NO2Si. The number of nitrogens with one attached hydrogen (secondary N) is 1. The minimum Gasteiger partial charge on any atom is -0.517 e. The second-order valence-corrected chi connectivity index (χ2v) is 6.91. The molecular weight excluding hydrogens is 134 g/mol. The van der Waals surface area contributed by atoms with Crippen molar-refractivity contribution < 1.29 is 9.22 Å². The summed E-state index contributed by atoms with van der Waals surface area (Å²) in [5.41, 5.74) is 0. The van der Waals surface area contributed by atoms with Crippen LogP contribution in [0.25, 0.3) is 0 Å². The maximum absolute atomic E-state index is 10.6. The van der Waals surface area contributed by atoms with E-state index in [0.29, 0.717) is 6.54 Å². The highest BCUT2D eigenvalue weighted by atomic mass is 28.4. The van der Waals surface area contributed by atoms with Gasteiger partial charge in [-0.3, -0.25) is 4.79 Å². The first kappa shape index (κ1) is 6.76. The van der Waals surface area contributed by atoms with E-state index in [1.165, 1.54) is 0 Å². The van der Waals surface area contributed by atoms with Gasteiger partial charge >= 0.3 is 5.97 Å². The highest BCUT2D eigenvalue weighted by Gasteiger charge is 2.30. The van der Waals surface area contributed by atoms with E-state index in [4.69, 9.17) is 4.43 Å². The average Bonchev–Trinajstić information content (AvgIpc) is 1.60. The minimum atomic E-state index is -1.61. The lowest BCUT2D eigenvalue weighted by Gasteiger charge is -2.27. The molecule has 9 heavy (non-hydrogen) atoms. The van der Waals surface area contributed by atoms with Crippen molar-refractivity contribution in [1.29, 1.82) is 0 Å². The molecule has 1 fully saturated rings. The van der Waals surface area contributed by atoms with Crippen LogP contribution in [-0.2, 0) is 9.22 Å². The van der Waals surface area contributed by atoms with E-state index >= 15 is 0 Å². The van der Waals surface area contributed by atoms with Gasteiger partial charge in [-0.05, 0) is 13.1 Å². The van der Waals surface area contributed by atoms with Gasteiger partial charge in [-0.1, -0.05) is 0 Å². The van der Waals surface area contributed by atoms with Crippen molar-refractivity contribution in [3.05, 3.63) is 0 Å². The fourth-order valence-electron chi connectivity index (χ4n) is 0.846. The van der Waals surface area contributed by atoms with Crippen LogP contribution in [0.3, 0.4) is 0 Å². The van der Waals surface area contributed by atoms with Gasteiger partial charge in [0.25, 0.3) is 8.32 Å². The van der Waals surface area contributed by atoms with Crippen LogP contribution in [0.5, 0.6) is 0 Å². The molecule has 0 aromatic carbocycles. The molecule has 1 rings (SSSR count). The summed E-state index contributed by atoms with van der Waals surface area (Å²) in [5.74, 6) is -0.0992. The Bertz CT molecular complexity index is 135. The molecule has 1 aliphatic heterocycles. The molecule has 4 heteroatoms. The quantitative estimate of drug-likeness (QED) is 0.483. The Morgan fingerprint density at radius 1 is 1.67 bits per heavy atom. The van der Waals surface area contributed by atoms with Gasteiger partial charge in [0.2, 0.25) is 0 Å². The number of carbonyl (C=O) groups is 1. The van der Waals surface area contributed by atoms with Crippen LogP contribution in [0.2, 0.25) is 13.1 Å². The fraction of sp³-hybridized carbons (Fsp3) is 0.800. The van der Waals surface area contributed by atoms with E-state index in [1.54, 1.807) is 0 Å². The predicted octanol–water partition coefficient (Wildman–Crippen LogP) is -0.123. The molecule has 0 spiro atoms. The molecule has 0 atom stereocenters. The van der Waals surface area contributed by atoms with Gasteiger partial charge in [0, 0.05) is 6.17 Å². The maximum Gasteiger partial charge on any atom is 0.306 e. The molecule has 52 valence electrons. The minimum absolute atomic E-state index is 0.0992. The van der Waals surface area contributed by atoms with E-state index in [1.807, 2.05) is 13.1 Å². The largest absolute Gasteiger partial charge is 0.517 e. The predicted molar refractivity (Wildman–Crippen MR) is 36.4 cm³/mol. The molecule has 0 aromatic heterocycles. The van der Waals surface area contributed by atoms with Crippen molar-refractivity contribution in [2.24, 2.45) is 0 Å². The van der Waals surface area contributed by atoms with Crippen LogP contribution in [0.15, 0.2) is 0 Å². The van der Waals surface area contributed by atoms with Crippen LogP contribution < -0.4 is 5.32 Å². The highest BCUT2D eigenvalue weighted by molar-refractivity contribution is 6.73. The van der Waals surface area contributed by atoms with Gasteiger partial charge < -0.3 is 9.74 Å². The number of rotatable bonds is 0. The summed E-state index contributed by atoms with van der Waals surface area (Å²) < 4.78 is 5.11. The van der Waals surface area contributed by atoms with E-state index in [9.17, 15) is 4.79 Å². The van der Waals surface area contributed by atoms with Crippen LogP contribution in [0, 0.1) is 0 Å². The van der Waals surface area contributed by atoms with E-state index in [2.05, 4.69) is 5.32 Å². The normalized spacial score (nSPS) is 25.3. The molecule has 3 nitrogen and oxygen atoms in total. The molecule has 0 radical (unpaired) electrons. The van der Waals surface area contributed by atoms with Crippen molar-refractivity contribution in [3.63, 3.8) is 0 Å². The summed E-state index contributed by atoms with van der Waals surface area (Å²) in [4.78, 5) is 10.6. The van der Waals surface area contributed by atoms with Crippen molar-refractivity contribution in [2.75, 3.05) is 12.7 Å². The van der Waals surface area contributed by atoms with Crippen molar-refractivity contribution in [2.45, 2.75) is 13.1 Å². The zero-order valence-corrected chi connectivity index (χ0v) is 6.73. The Hall–Kier alpha value is -0.353. The van der Waals surface area contributed by atoms with Crippen molar-refractivity contribution in [1.82, 2.24) is 5.32 Å². The Labute approximate surface area is 55.5 Å². The SMILES string of the molecule is C[Si]1(C)CNCC(=O)O1. The third-order valence-corrected chi connectivity index (χ3v) is 3.09. The standard InChI is InChI=1S/C5H11NO2Si/c1-9(2)4-6-3-5(7)8-9/h6H,3-4H2,1-2H3. The summed E-state index contributed by atoms with van der Waals surface area (Å²) in [5, 5.41) is 3.01. The van der Waals surface area contributed by atoms with Gasteiger partial charge in [0.05, 0.1) is 6.54 Å². The smallest absolute Gasteiger partial charge is 0.306 e. The molecule has 0 unspecified atom stereocenters. The lowest BCUT2D eigenvalue weighted by molar-refractivity contribution is -0.135. The lowest BCUT2D eigenvalue weighted by atomic mass is 10.7. The Morgan fingerprint density at radius 2 is 2.33 bits per heavy atom. The summed E-state index contributed by atoms with van der Waals surface area (Å²) in [7, 11) is -1.61. The maximum atomic E-state index is 10.6. The molecule has 1 heterocycles. The molecule has 0 aromatic rings. The lowest BCUT2D eigenvalue weighted by Crippen LogP contribution is -2.52. The van der Waals surface area contributed by atoms with E-state index < -0.39 is 8.32 Å². The van der Waals surface area contributed by atoms with Gasteiger partial charge in [-0.15, -0.1) is 0 Å². The van der Waals surface area contributed by atoms with Crippen LogP contribution in [0.4, 0.5) is 0 Å². The third kappa shape index (κ3) is 1.80. The van der Waals surface area contributed by atoms with E-state index in [0.717, 1.165) is 6.17 Å². The van der Waals surface area contributed by atoms with E-state index in [-0.39, 0.29) is 5.97 Å². The number of hydrogen-bond donors (Lipinski definition) is 1. The Morgan fingerprint density at radius 3 is 2.67 bits per heavy atom. The Balaban J connectivity index is 2.51. The van der Waals surface area contributed by atoms with Gasteiger partial charge in [-0.2, -0.15) is 0 Å². The first-order valence-corrected chi connectivity index (χ1v) is 6.14. The van der Waals surface area contributed by atoms with Gasteiger partial charge in [-0.25, -0.2) is 0 Å². The molecule has 0 bridgehead atoms. The second-order valence-electron chi connectivity index (χ2n) is 2.84. The zero-order valence-electron chi connectivity index (χ0n) is 5.73. The molecule has 1 N–H and O–H groups in total. The zero-order chi connectivity index (χ0) is 6.91. The van der Waals surface area contributed by atoms with Gasteiger partial charge in [0.1, 0.15) is 0 Å². The molecule has 1 saturated heterocycles. The topological polar surface area (TPSA) is 38.3 Å². The number of hydrogen-bond acceptors (Lipinski definition) is 3. The summed E-state index contributed by atoms with van der Waals surface area (Å²) in [6.07, 6.45) is 0.888. The number of carbonyl (C=O) groups excluding carboxylic acids is 1. The first-order valence-electron chi connectivity index (χ1n) is 3.03. The summed E-state index contributed by atoms with van der Waals surface area (Å²) >= 11 is 0. The monoisotopic (exact) mass is 145 g/mol. The average molecular weight is 145 g/mol.